The van der Waals surface area contributed by atoms with Crippen molar-refractivity contribution in [1.82, 2.24) is 0 Å². The number of hydrogen-bond acceptors (Lipinski definition) is 2. The van der Waals surface area contributed by atoms with Crippen LogP contribution in [0.2, 0.25) is 0 Å². The van der Waals surface area contributed by atoms with Crippen LogP contribution in [0.5, 0.6) is 0 Å². The fraction of sp³-hybridized carbons (Fsp3) is 0. The van der Waals surface area contributed by atoms with Gasteiger partial charge in [-0.15, -0.1) is 0 Å². The molecule has 0 heterocycles. The van der Waals surface area contributed by atoms with E-state index >= 15 is 0 Å². The van der Waals surface area contributed by atoms with Gasteiger partial charge in [-0.25, -0.2) is 0 Å². The van der Waals surface area contributed by atoms with Crippen molar-refractivity contribution in [1.29, 1.82) is 0 Å². The molecule has 0 aromatic carbocycles. The summed E-state index contributed by atoms with van der Waals surface area (Å²) in [6, 6.07) is 0. The molecule has 0 unspecified atom stereocenters. The third kappa shape index (κ3) is 270. The average Bonchev–Trinajstić information content (AvgIpc) is 1.46. The molecule has 28 valence electrons. The van der Waals surface area contributed by atoms with Gasteiger partial charge in [0.15, 0.2) is 0 Å². The summed E-state index contributed by atoms with van der Waals surface area (Å²) in [6.45, 7) is 0. The molecule has 0 spiro atoms. The average molecular weight is 170 g/mol. The van der Waals surface area contributed by atoms with Gasteiger partial charge in [-0.3, -0.25) is 0 Å². The van der Waals surface area contributed by atoms with Crippen molar-refractivity contribution < 1.29 is 23.2 Å². The third-order valence-corrected chi connectivity index (χ3v) is 0. The second-order valence-corrected chi connectivity index (χ2v) is 0.274. The Balaban J connectivity index is 0. The first-order valence-corrected chi connectivity index (χ1v) is 1.82. The summed E-state index contributed by atoms with van der Waals surface area (Å²) >= 11 is 4.40. The molecule has 0 radical (unpaired) electrons. The van der Waals surface area contributed by atoms with Gasteiger partial charge < -0.3 is 5.41 Å². The van der Waals surface area contributed by atoms with Gasteiger partial charge in [0.2, 0.25) is 0 Å². The predicted molar refractivity (Wildman–Crippen MR) is 16.6 cm³/mol. The Morgan fingerprint density at radius 1 is 1.80 bits per heavy atom. The van der Waals surface area contributed by atoms with E-state index in [0.29, 0.717) is 19.8 Å². The zero-order chi connectivity index (χ0) is 4.71. The standard InChI is InChI=1S/CNS.Mo.O/c2-1-3;;/q-1;;. The van der Waals surface area contributed by atoms with Gasteiger partial charge in [0.1, 0.15) is 0 Å². The Labute approximate surface area is 46.3 Å². The van der Waals surface area contributed by atoms with Gasteiger partial charge in [-0.1, -0.05) is 12.2 Å². The summed E-state index contributed by atoms with van der Waals surface area (Å²) in [4.78, 5) is 0. The van der Waals surface area contributed by atoms with E-state index in [4.69, 9.17) is 8.81 Å². The van der Waals surface area contributed by atoms with Gasteiger partial charge >= 0.3 is 23.2 Å². The first-order chi connectivity index (χ1) is 2.41. The van der Waals surface area contributed by atoms with Crippen molar-refractivity contribution in [2.75, 3.05) is 0 Å². The van der Waals surface area contributed by atoms with Gasteiger partial charge in [-0.2, -0.15) is 5.16 Å². The first kappa shape index (κ1) is 8.99. The topological polar surface area (TPSA) is 39.4 Å². The minimum atomic E-state index is 0.700. The number of hydrogen-bond donors (Lipinski definition) is 0. The third-order valence-electron chi connectivity index (χ3n) is 0. The number of isothiocyanates is 1. The Morgan fingerprint density at radius 3 is 1.80 bits per heavy atom. The van der Waals surface area contributed by atoms with Crippen LogP contribution in [0.15, 0.2) is 0 Å². The van der Waals surface area contributed by atoms with Crippen LogP contribution >= 0.6 is 12.2 Å². The molecule has 0 rings (SSSR count). The molecule has 0 saturated heterocycles. The molecule has 0 aliphatic heterocycles. The Kier molecular flexibility index (Phi) is 50.3. The Morgan fingerprint density at radius 2 is 1.80 bits per heavy atom. The van der Waals surface area contributed by atoms with Crippen LogP contribution < -0.4 is 0 Å². The predicted octanol–water partition coefficient (Wildman–Crippen LogP) is 0.537. The Bertz CT molecular complexity index is 40.9. The normalized spacial score (nSPS) is 2.40. The van der Waals surface area contributed by atoms with Gasteiger partial charge in [0, 0.05) is 0 Å². The van der Waals surface area contributed by atoms with Crippen molar-refractivity contribution in [2.24, 2.45) is 0 Å². The van der Waals surface area contributed by atoms with Crippen LogP contribution in [-0.2, 0) is 23.2 Å². The van der Waals surface area contributed by atoms with E-state index in [-0.39, 0.29) is 0 Å². The zero-order valence-electron chi connectivity index (χ0n) is 2.17. The Hall–Kier alpha value is 0.288. The van der Waals surface area contributed by atoms with Gasteiger partial charge in [0.05, 0.1) is 0 Å². The van der Waals surface area contributed by atoms with E-state index in [0.717, 1.165) is 0 Å². The summed E-state index contributed by atoms with van der Waals surface area (Å²) in [5.74, 6) is 0. The van der Waals surface area contributed by atoms with E-state index in [1.54, 1.807) is 0 Å². The second-order valence-electron chi connectivity index (χ2n) is 0.0913. The summed E-state index contributed by atoms with van der Waals surface area (Å²) in [5, 5.41) is 8.47. The van der Waals surface area contributed by atoms with Crippen LogP contribution in [0.25, 0.3) is 5.41 Å². The van der Waals surface area contributed by atoms with E-state index in [9.17, 15) is 0 Å². The summed E-state index contributed by atoms with van der Waals surface area (Å²) in [6.07, 6.45) is 0. The number of thiocarbonyl (C=S) groups is 1. The van der Waals surface area contributed by atoms with Crippen molar-refractivity contribution in [3.63, 3.8) is 0 Å². The molecular formula is CMoNOS-. The van der Waals surface area contributed by atoms with Crippen LogP contribution in [0.1, 0.15) is 0 Å². The molecule has 4 heteroatoms. The van der Waals surface area contributed by atoms with Crippen molar-refractivity contribution in [2.45, 2.75) is 0 Å². The second kappa shape index (κ2) is 27.9. The van der Waals surface area contributed by atoms with Crippen LogP contribution in [0.4, 0.5) is 0 Å². The van der Waals surface area contributed by atoms with Crippen LogP contribution in [0, 0.1) is 0 Å². The number of rotatable bonds is 0. The van der Waals surface area contributed by atoms with Gasteiger partial charge in [-0.05, 0) is 0 Å². The fourth-order valence-electron chi connectivity index (χ4n) is 0. The summed E-state index contributed by atoms with van der Waals surface area (Å²) in [5.41, 5.74) is 0. The van der Waals surface area contributed by atoms with Crippen LogP contribution in [0.3, 0.4) is 0 Å². The number of nitrogens with zero attached hydrogens (tertiary/aromatic N) is 1. The molecule has 0 N–H and O–H groups in total. The molecule has 0 aliphatic carbocycles. The monoisotopic (exact) mass is 172 g/mol. The van der Waals surface area contributed by atoms with Crippen LogP contribution in [-0.4, -0.2) is 5.16 Å². The minimum absolute atomic E-state index is 0.700. The first-order valence-electron chi connectivity index (χ1n) is 0.594. The van der Waals surface area contributed by atoms with Crippen molar-refractivity contribution in [3.8, 4) is 0 Å². The molecule has 0 aliphatic rings. The molecule has 0 aromatic heterocycles. The zero-order valence-corrected chi connectivity index (χ0v) is 5.00. The van der Waals surface area contributed by atoms with Crippen molar-refractivity contribution >= 4 is 17.4 Å². The molecule has 0 bridgehead atoms. The maximum atomic E-state index is 8.26. The SMILES string of the molecule is [N-]=C=S.[O]=[Mo]. The van der Waals surface area contributed by atoms with Gasteiger partial charge in [0.25, 0.3) is 0 Å². The summed E-state index contributed by atoms with van der Waals surface area (Å²) < 4.78 is 8.26. The molecule has 0 amide bonds. The molecule has 0 aromatic rings. The molecule has 0 saturated carbocycles. The molecular weight excluding hydrogens is 170 g/mol. The van der Waals surface area contributed by atoms with Crippen molar-refractivity contribution in [3.05, 3.63) is 5.41 Å². The molecule has 0 atom stereocenters. The van der Waals surface area contributed by atoms with E-state index < -0.39 is 0 Å². The maximum absolute atomic E-state index is 8.26. The van der Waals surface area contributed by atoms with E-state index in [1.165, 1.54) is 5.16 Å². The quantitative estimate of drug-likeness (QED) is 0.302. The molecule has 5 heavy (non-hydrogen) atoms. The van der Waals surface area contributed by atoms with E-state index in [1.807, 2.05) is 0 Å². The summed E-state index contributed by atoms with van der Waals surface area (Å²) in [7, 11) is 0. The molecule has 0 fully saturated rings. The van der Waals surface area contributed by atoms with E-state index in [2.05, 4.69) is 12.2 Å². The molecule has 2 nitrogen and oxygen atoms in total. The fourth-order valence-corrected chi connectivity index (χ4v) is 0.